The second-order valence-corrected chi connectivity index (χ2v) is 7.96. The van der Waals surface area contributed by atoms with Gasteiger partial charge in [0.15, 0.2) is 6.10 Å². The molecule has 6 nitrogen and oxygen atoms in total. The second kappa shape index (κ2) is 9.27. The number of amides is 1. The van der Waals surface area contributed by atoms with Crippen LogP contribution in [0.25, 0.3) is 10.9 Å². The Labute approximate surface area is 182 Å². The van der Waals surface area contributed by atoms with Crippen molar-refractivity contribution < 1.29 is 19.2 Å². The highest BCUT2D eigenvalue weighted by molar-refractivity contribution is 6.05. The predicted molar refractivity (Wildman–Crippen MR) is 119 cm³/mol. The highest BCUT2D eigenvalue weighted by Gasteiger charge is 2.30. The molecule has 0 spiro atoms. The van der Waals surface area contributed by atoms with Crippen LogP contribution in [0, 0.1) is 0 Å². The molecule has 1 aliphatic heterocycles. The Kier molecular flexibility index (Phi) is 6.28. The quantitative estimate of drug-likeness (QED) is 0.601. The van der Waals surface area contributed by atoms with Crippen LogP contribution >= 0.6 is 0 Å². The monoisotopic (exact) mass is 418 g/mol. The third-order valence-electron chi connectivity index (χ3n) is 5.73. The van der Waals surface area contributed by atoms with E-state index in [9.17, 15) is 9.59 Å². The zero-order valence-electron chi connectivity index (χ0n) is 18.0. The maximum absolute atomic E-state index is 13.3. The molecule has 1 aliphatic rings. The van der Waals surface area contributed by atoms with Gasteiger partial charge in [0.2, 0.25) is 0 Å². The summed E-state index contributed by atoms with van der Waals surface area (Å²) in [6, 6.07) is 18.0. The van der Waals surface area contributed by atoms with Gasteiger partial charge in [-0.3, -0.25) is 9.78 Å². The molecule has 2 heterocycles. The lowest BCUT2D eigenvalue weighted by Gasteiger charge is -2.27. The Morgan fingerprint density at radius 1 is 1.13 bits per heavy atom. The third kappa shape index (κ3) is 4.59. The molecule has 0 bridgehead atoms. The van der Waals surface area contributed by atoms with E-state index in [0.29, 0.717) is 18.7 Å². The van der Waals surface area contributed by atoms with Crippen LogP contribution in [0.1, 0.15) is 41.0 Å². The van der Waals surface area contributed by atoms with Gasteiger partial charge in [-0.15, -0.1) is 0 Å². The number of nitrogens with one attached hydrogen (secondary N) is 2. The summed E-state index contributed by atoms with van der Waals surface area (Å²) in [4.78, 5) is 31.6. The van der Waals surface area contributed by atoms with Crippen molar-refractivity contribution in [3.8, 4) is 0 Å². The lowest BCUT2D eigenvalue weighted by Crippen LogP contribution is -3.10. The zero-order valence-corrected chi connectivity index (χ0v) is 18.0. The average molecular weight is 419 g/mol. The highest BCUT2D eigenvalue weighted by Crippen LogP contribution is 2.26. The molecule has 0 saturated carbocycles. The van der Waals surface area contributed by atoms with E-state index >= 15 is 0 Å². The first-order valence-corrected chi connectivity index (χ1v) is 10.8. The molecule has 1 amide bonds. The number of hydrogen-bond donors (Lipinski definition) is 2. The molecule has 2 atom stereocenters. The number of ether oxygens (including phenoxy) is 1. The molecule has 1 aromatic heterocycles. The number of aromatic nitrogens is 1. The van der Waals surface area contributed by atoms with Crippen LogP contribution < -0.4 is 10.2 Å². The van der Waals surface area contributed by atoms with Gasteiger partial charge in [-0.05, 0) is 19.9 Å². The van der Waals surface area contributed by atoms with Crippen molar-refractivity contribution in [3.05, 3.63) is 77.0 Å². The number of carbonyl (C=O) groups is 2. The van der Waals surface area contributed by atoms with Gasteiger partial charge < -0.3 is 15.0 Å². The van der Waals surface area contributed by atoms with E-state index in [1.165, 1.54) is 10.5 Å². The van der Waals surface area contributed by atoms with E-state index in [1.807, 2.05) is 49.4 Å². The van der Waals surface area contributed by atoms with Crippen molar-refractivity contribution in [1.82, 2.24) is 10.3 Å². The highest BCUT2D eigenvalue weighted by atomic mass is 16.5. The third-order valence-corrected chi connectivity index (χ3v) is 5.73. The van der Waals surface area contributed by atoms with Gasteiger partial charge in [-0.2, -0.15) is 0 Å². The first-order chi connectivity index (χ1) is 15.1. The Morgan fingerprint density at radius 2 is 1.87 bits per heavy atom. The first kappa shape index (κ1) is 21.0. The van der Waals surface area contributed by atoms with E-state index < -0.39 is 12.1 Å². The van der Waals surface area contributed by atoms with Crippen molar-refractivity contribution in [2.24, 2.45) is 0 Å². The number of esters is 1. The number of benzene rings is 2. The Bertz CT molecular complexity index is 1100. The fourth-order valence-corrected chi connectivity index (χ4v) is 4.19. The van der Waals surface area contributed by atoms with Gasteiger partial charge in [0.25, 0.3) is 5.91 Å². The molecule has 31 heavy (non-hydrogen) atoms. The van der Waals surface area contributed by atoms with Crippen LogP contribution in [-0.2, 0) is 29.0 Å². The number of fused-ring (bicyclic) bond motifs is 2. The van der Waals surface area contributed by atoms with E-state index in [4.69, 9.17) is 9.72 Å². The van der Waals surface area contributed by atoms with Gasteiger partial charge in [0.05, 0.1) is 23.3 Å². The molecule has 4 rings (SSSR count). The summed E-state index contributed by atoms with van der Waals surface area (Å²) in [6.07, 6.45) is -0.0551. The summed E-state index contributed by atoms with van der Waals surface area (Å²) in [5, 5.41) is 3.48. The first-order valence-electron chi connectivity index (χ1n) is 10.8. The zero-order chi connectivity index (χ0) is 21.8. The molecule has 0 saturated heterocycles. The Morgan fingerprint density at radius 3 is 2.65 bits per heavy atom. The predicted octanol–water partition coefficient (Wildman–Crippen LogP) is 2.06. The van der Waals surface area contributed by atoms with E-state index in [0.717, 1.165) is 41.7 Å². The number of rotatable bonds is 6. The van der Waals surface area contributed by atoms with Gasteiger partial charge in [0, 0.05) is 29.5 Å². The summed E-state index contributed by atoms with van der Waals surface area (Å²) in [5.41, 5.74) is 4.48. The van der Waals surface area contributed by atoms with Gasteiger partial charge in [-0.25, -0.2) is 4.79 Å². The summed E-state index contributed by atoms with van der Waals surface area (Å²) in [7, 11) is 0. The minimum Gasteiger partial charge on any atom is -0.449 e. The molecule has 160 valence electrons. The van der Waals surface area contributed by atoms with Crippen LogP contribution in [0.15, 0.2) is 54.6 Å². The Balaban J connectivity index is 1.68. The van der Waals surface area contributed by atoms with Gasteiger partial charge in [0.1, 0.15) is 13.1 Å². The summed E-state index contributed by atoms with van der Waals surface area (Å²) in [6.45, 7) is 6.47. The van der Waals surface area contributed by atoms with E-state index in [-0.39, 0.29) is 5.91 Å². The van der Waals surface area contributed by atoms with Gasteiger partial charge >= 0.3 is 5.97 Å². The largest absolute Gasteiger partial charge is 0.449 e. The maximum Gasteiger partial charge on any atom is 0.340 e. The standard InChI is InChI=1S/C25H27N3O3/c1-3-26-24(29)17(2)31-25(30)23-19-11-7-8-12-21(19)27-22-13-14-28(16-20(22)23)15-18-9-5-4-6-10-18/h4-12,17H,3,13-16H2,1-2H3,(H,26,29)/p+1/t17-/m0/s1. The van der Waals surface area contributed by atoms with Crippen molar-refractivity contribution in [3.63, 3.8) is 0 Å². The number of para-hydroxylation sites is 1. The van der Waals surface area contributed by atoms with E-state index in [2.05, 4.69) is 17.4 Å². The average Bonchev–Trinajstić information content (AvgIpc) is 2.78. The molecule has 0 aliphatic carbocycles. The molecule has 0 fully saturated rings. The van der Waals surface area contributed by atoms with Crippen LogP contribution in [0.3, 0.4) is 0 Å². The lowest BCUT2D eigenvalue weighted by atomic mass is 9.95. The van der Waals surface area contributed by atoms with Crippen molar-refractivity contribution >= 4 is 22.8 Å². The van der Waals surface area contributed by atoms with Crippen LogP contribution in [0.4, 0.5) is 0 Å². The number of quaternary nitrogens is 1. The fraction of sp³-hybridized carbons (Fsp3) is 0.320. The summed E-state index contributed by atoms with van der Waals surface area (Å²) >= 11 is 0. The topological polar surface area (TPSA) is 72.7 Å². The lowest BCUT2D eigenvalue weighted by molar-refractivity contribution is -0.929. The number of nitrogens with zero attached hydrogens (tertiary/aromatic N) is 1. The number of pyridine rings is 1. The smallest absolute Gasteiger partial charge is 0.340 e. The normalized spacial score (nSPS) is 16.4. The molecule has 2 aromatic carbocycles. The van der Waals surface area contributed by atoms with Crippen LogP contribution in [-0.4, -0.2) is 36.1 Å². The second-order valence-electron chi connectivity index (χ2n) is 7.96. The molecular weight excluding hydrogens is 390 g/mol. The number of carbonyl (C=O) groups excluding carboxylic acids is 2. The van der Waals surface area contributed by atoms with Crippen LogP contribution in [0.2, 0.25) is 0 Å². The summed E-state index contributed by atoms with van der Waals surface area (Å²) in [5.74, 6) is -0.756. The van der Waals surface area contributed by atoms with E-state index in [1.54, 1.807) is 6.92 Å². The number of likely N-dealkylation sites (N-methyl/N-ethyl adjacent to an activating group) is 1. The van der Waals surface area contributed by atoms with Crippen LogP contribution in [0.5, 0.6) is 0 Å². The number of hydrogen-bond acceptors (Lipinski definition) is 4. The van der Waals surface area contributed by atoms with Crippen molar-refractivity contribution in [1.29, 1.82) is 0 Å². The maximum atomic E-state index is 13.3. The van der Waals surface area contributed by atoms with Crippen molar-refractivity contribution in [2.45, 2.75) is 39.5 Å². The van der Waals surface area contributed by atoms with Crippen molar-refractivity contribution in [2.75, 3.05) is 13.1 Å². The summed E-state index contributed by atoms with van der Waals surface area (Å²) < 4.78 is 5.59. The molecule has 6 heteroatoms. The molecule has 1 unspecified atom stereocenters. The molecular formula is C25H28N3O3+. The Hall–Kier alpha value is -3.25. The minimum absolute atomic E-state index is 0.292. The van der Waals surface area contributed by atoms with Gasteiger partial charge in [-0.1, -0.05) is 48.5 Å². The molecule has 2 N–H and O–H groups in total. The SMILES string of the molecule is CCNC(=O)[C@H](C)OC(=O)c1c2c(nc3ccccc13)CC[NH+](Cc1ccccc1)C2. The fourth-order valence-electron chi connectivity index (χ4n) is 4.19. The molecule has 3 aromatic rings. The molecule has 0 radical (unpaired) electrons. The minimum atomic E-state index is -0.855.